The number of nitrogens with zero attached hydrogens (tertiary/aromatic N) is 4. The van der Waals surface area contributed by atoms with Crippen molar-refractivity contribution in [2.24, 2.45) is 5.41 Å². The number of pyridine rings is 1. The Kier molecular flexibility index (Phi) is 5.33. The van der Waals surface area contributed by atoms with Gasteiger partial charge in [0.25, 0.3) is 0 Å². The molecule has 0 aromatic carbocycles. The zero-order valence-corrected chi connectivity index (χ0v) is 15.8. The van der Waals surface area contributed by atoms with E-state index >= 15 is 0 Å². The van der Waals surface area contributed by atoms with Gasteiger partial charge in [-0.3, -0.25) is 4.98 Å². The molecule has 0 amide bonds. The van der Waals surface area contributed by atoms with Crippen LogP contribution in [0.3, 0.4) is 0 Å². The van der Waals surface area contributed by atoms with Crippen LogP contribution < -0.4 is 5.32 Å². The summed E-state index contributed by atoms with van der Waals surface area (Å²) in [4.78, 5) is 15.9. The van der Waals surface area contributed by atoms with Gasteiger partial charge in [-0.15, -0.1) is 0 Å². The largest absolute Gasteiger partial charge is 0.369 e. The van der Waals surface area contributed by atoms with E-state index in [0.717, 1.165) is 41.6 Å². The average molecular weight is 339 g/mol. The first-order valence-electron chi connectivity index (χ1n) is 9.13. The fraction of sp³-hybridized carbons (Fsp3) is 0.550. The predicted octanol–water partition coefficient (Wildman–Crippen LogP) is 3.69. The molecule has 0 radical (unpaired) electrons. The summed E-state index contributed by atoms with van der Waals surface area (Å²) in [6.07, 6.45) is 8.81. The number of hydrogen-bond donors (Lipinski definition) is 1. The molecule has 1 saturated carbocycles. The van der Waals surface area contributed by atoms with Crippen molar-refractivity contribution >= 4 is 5.82 Å². The summed E-state index contributed by atoms with van der Waals surface area (Å²) in [5, 5.41) is 3.66. The normalized spacial score (nSPS) is 16.4. The van der Waals surface area contributed by atoms with E-state index in [1.165, 1.54) is 25.7 Å². The van der Waals surface area contributed by atoms with E-state index < -0.39 is 0 Å². The third-order valence-electron chi connectivity index (χ3n) is 5.27. The van der Waals surface area contributed by atoms with Crippen LogP contribution in [-0.4, -0.2) is 47.0 Å². The summed E-state index contributed by atoms with van der Waals surface area (Å²) < 4.78 is 0. The van der Waals surface area contributed by atoms with Gasteiger partial charge >= 0.3 is 0 Å². The number of rotatable bonds is 6. The number of nitrogens with one attached hydrogen (secondary N) is 1. The maximum atomic E-state index is 4.81. The van der Waals surface area contributed by atoms with Crippen molar-refractivity contribution < 1.29 is 0 Å². The smallest absolute Gasteiger partial charge is 0.161 e. The van der Waals surface area contributed by atoms with Crippen LogP contribution in [0.15, 0.2) is 24.5 Å². The fourth-order valence-electron chi connectivity index (χ4n) is 3.89. The number of aryl methyl sites for hydroxylation is 1. The monoisotopic (exact) mass is 339 g/mol. The lowest BCUT2D eigenvalue weighted by atomic mass is 9.85. The van der Waals surface area contributed by atoms with Crippen LogP contribution in [0, 0.1) is 19.3 Å². The zero-order valence-electron chi connectivity index (χ0n) is 15.8. The highest BCUT2D eigenvalue weighted by atomic mass is 15.1. The molecule has 134 valence electrons. The van der Waals surface area contributed by atoms with E-state index in [0.29, 0.717) is 5.41 Å². The maximum absolute atomic E-state index is 4.81. The summed E-state index contributed by atoms with van der Waals surface area (Å²) in [5.41, 5.74) is 3.52. The molecule has 5 nitrogen and oxygen atoms in total. The van der Waals surface area contributed by atoms with Crippen LogP contribution in [0.25, 0.3) is 11.4 Å². The third kappa shape index (κ3) is 4.15. The first kappa shape index (κ1) is 17.8. The molecule has 1 aliphatic carbocycles. The highest BCUT2D eigenvalue weighted by molar-refractivity contribution is 5.59. The topological polar surface area (TPSA) is 53.9 Å². The van der Waals surface area contributed by atoms with Crippen LogP contribution in [0.5, 0.6) is 0 Å². The standard InChI is InChI=1S/C20H29N5/c1-15-16(2)23-19(17-7-11-21-12-8-17)24-18(15)22-13-20(14-25(3)4)9-5-6-10-20/h7-8,11-12H,5-6,9-10,13-14H2,1-4H3,(H,22,23,24). The lowest BCUT2D eigenvalue weighted by Gasteiger charge is -2.32. The second kappa shape index (κ2) is 7.48. The van der Waals surface area contributed by atoms with Crippen LogP contribution in [0.2, 0.25) is 0 Å². The van der Waals surface area contributed by atoms with Gasteiger partial charge in [-0.1, -0.05) is 12.8 Å². The Balaban J connectivity index is 1.83. The van der Waals surface area contributed by atoms with Crippen molar-refractivity contribution in [2.45, 2.75) is 39.5 Å². The first-order valence-corrected chi connectivity index (χ1v) is 9.13. The summed E-state index contributed by atoms with van der Waals surface area (Å²) >= 11 is 0. The average Bonchev–Trinajstić information content (AvgIpc) is 3.05. The Bertz CT molecular complexity index is 706. The van der Waals surface area contributed by atoms with Gasteiger partial charge in [0.15, 0.2) is 5.82 Å². The van der Waals surface area contributed by atoms with Crippen molar-refractivity contribution in [3.8, 4) is 11.4 Å². The van der Waals surface area contributed by atoms with Crippen LogP contribution >= 0.6 is 0 Å². The minimum Gasteiger partial charge on any atom is -0.369 e. The quantitative estimate of drug-likeness (QED) is 0.870. The van der Waals surface area contributed by atoms with Crippen LogP contribution in [-0.2, 0) is 0 Å². The molecule has 2 heterocycles. The highest BCUT2D eigenvalue weighted by Crippen LogP contribution is 2.39. The molecule has 0 unspecified atom stereocenters. The molecule has 2 aromatic heterocycles. The Hall–Kier alpha value is -2.01. The molecule has 0 spiro atoms. The van der Waals surface area contributed by atoms with Gasteiger partial charge in [-0.2, -0.15) is 0 Å². The molecule has 1 aliphatic rings. The molecule has 0 saturated heterocycles. The number of aromatic nitrogens is 3. The predicted molar refractivity (Wildman–Crippen MR) is 103 cm³/mol. The Morgan fingerprint density at radius 1 is 1.08 bits per heavy atom. The van der Waals surface area contributed by atoms with Gasteiger partial charge in [0, 0.05) is 47.7 Å². The van der Waals surface area contributed by atoms with Crippen molar-refractivity contribution in [3.05, 3.63) is 35.8 Å². The summed E-state index contributed by atoms with van der Waals surface area (Å²) in [6.45, 7) is 6.25. The van der Waals surface area contributed by atoms with Gasteiger partial charge in [-0.25, -0.2) is 9.97 Å². The minimum absolute atomic E-state index is 0.353. The molecular formula is C20H29N5. The van der Waals surface area contributed by atoms with Gasteiger partial charge < -0.3 is 10.2 Å². The lowest BCUT2D eigenvalue weighted by molar-refractivity contribution is 0.215. The van der Waals surface area contributed by atoms with E-state index in [1.807, 2.05) is 12.1 Å². The van der Waals surface area contributed by atoms with E-state index in [4.69, 9.17) is 4.98 Å². The second-order valence-corrected chi connectivity index (χ2v) is 7.64. The maximum Gasteiger partial charge on any atom is 0.161 e. The highest BCUT2D eigenvalue weighted by Gasteiger charge is 2.34. The van der Waals surface area contributed by atoms with Gasteiger partial charge in [-0.05, 0) is 52.9 Å². The summed E-state index contributed by atoms with van der Waals surface area (Å²) in [5.74, 6) is 1.73. The zero-order chi connectivity index (χ0) is 17.9. The Morgan fingerprint density at radius 3 is 2.40 bits per heavy atom. The van der Waals surface area contributed by atoms with E-state index in [-0.39, 0.29) is 0 Å². The van der Waals surface area contributed by atoms with Gasteiger partial charge in [0.1, 0.15) is 5.82 Å². The molecule has 2 aromatic rings. The first-order chi connectivity index (χ1) is 12.0. The number of anilines is 1. The Morgan fingerprint density at radius 2 is 1.76 bits per heavy atom. The molecule has 0 aliphatic heterocycles. The van der Waals surface area contributed by atoms with Crippen molar-refractivity contribution in [1.29, 1.82) is 0 Å². The van der Waals surface area contributed by atoms with Crippen LogP contribution in [0.4, 0.5) is 5.82 Å². The van der Waals surface area contributed by atoms with Gasteiger partial charge in [0.05, 0.1) is 0 Å². The fourth-order valence-corrected chi connectivity index (χ4v) is 3.89. The minimum atomic E-state index is 0.353. The van der Waals surface area contributed by atoms with Crippen molar-refractivity contribution in [1.82, 2.24) is 19.9 Å². The molecule has 1 N–H and O–H groups in total. The molecule has 3 rings (SSSR count). The second-order valence-electron chi connectivity index (χ2n) is 7.64. The summed E-state index contributed by atoms with van der Waals surface area (Å²) in [6, 6.07) is 3.91. The van der Waals surface area contributed by atoms with Crippen LogP contribution in [0.1, 0.15) is 36.9 Å². The van der Waals surface area contributed by atoms with Crippen molar-refractivity contribution in [2.75, 3.05) is 32.5 Å². The molecule has 5 heteroatoms. The summed E-state index contributed by atoms with van der Waals surface area (Å²) in [7, 11) is 4.34. The molecule has 0 bridgehead atoms. The molecule has 0 atom stereocenters. The SMILES string of the molecule is Cc1nc(-c2ccncc2)nc(NCC2(CN(C)C)CCCC2)c1C. The lowest BCUT2D eigenvalue weighted by Crippen LogP contribution is -2.37. The molecular weight excluding hydrogens is 310 g/mol. The van der Waals surface area contributed by atoms with E-state index in [1.54, 1.807) is 12.4 Å². The van der Waals surface area contributed by atoms with E-state index in [2.05, 4.69) is 48.1 Å². The Labute approximate surface area is 150 Å². The number of hydrogen-bond acceptors (Lipinski definition) is 5. The van der Waals surface area contributed by atoms with Gasteiger partial charge in [0.2, 0.25) is 0 Å². The van der Waals surface area contributed by atoms with E-state index in [9.17, 15) is 0 Å². The third-order valence-corrected chi connectivity index (χ3v) is 5.27. The molecule has 1 fully saturated rings. The molecule has 25 heavy (non-hydrogen) atoms. The van der Waals surface area contributed by atoms with Crippen molar-refractivity contribution in [3.63, 3.8) is 0 Å².